The maximum atomic E-state index is 12.4. The minimum absolute atomic E-state index is 0.163. The van der Waals surface area contributed by atoms with Gasteiger partial charge in [-0.1, -0.05) is 0 Å². The van der Waals surface area contributed by atoms with Crippen LogP contribution >= 0.6 is 11.6 Å². The third-order valence-corrected chi connectivity index (χ3v) is 3.71. The van der Waals surface area contributed by atoms with E-state index in [9.17, 15) is 9.59 Å². The van der Waals surface area contributed by atoms with Gasteiger partial charge in [0.05, 0.1) is 24.1 Å². The molecular formula is C15H18ClN3O3. The van der Waals surface area contributed by atoms with E-state index in [4.69, 9.17) is 16.3 Å². The van der Waals surface area contributed by atoms with Gasteiger partial charge in [0.2, 0.25) is 5.28 Å². The molecule has 0 aliphatic heterocycles. The van der Waals surface area contributed by atoms with Gasteiger partial charge >= 0.3 is 5.97 Å². The van der Waals surface area contributed by atoms with Gasteiger partial charge in [0, 0.05) is 26.2 Å². The number of fused-ring (bicyclic) bond motifs is 1. The molecule has 0 radical (unpaired) electrons. The number of hydrogen-bond acceptors (Lipinski definition) is 4. The summed E-state index contributed by atoms with van der Waals surface area (Å²) in [7, 11) is 3.44. The molecule has 1 aromatic heterocycles. The number of nitrogens with zero attached hydrogens (tertiary/aromatic N) is 3. The molecule has 0 unspecified atom stereocenters. The van der Waals surface area contributed by atoms with Crippen molar-refractivity contribution in [2.24, 2.45) is 7.05 Å². The van der Waals surface area contributed by atoms with Crippen LogP contribution in [-0.4, -0.2) is 46.5 Å². The molecular weight excluding hydrogens is 306 g/mol. The van der Waals surface area contributed by atoms with Crippen molar-refractivity contribution >= 4 is 34.5 Å². The molecule has 118 valence electrons. The number of carbonyl (C=O) groups excluding carboxylic acids is 2. The lowest BCUT2D eigenvalue weighted by atomic mass is 10.1. The highest BCUT2D eigenvalue weighted by Gasteiger charge is 2.15. The molecule has 2 rings (SSSR count). The summed E-state index contributed by atoms with van der Waals surface area (Å²) in [6.07, 6.45) is 0.176. The minimum Gasteiger partial charge on any atom is -0.466 e. The lowest BCUT2D eigenvalue weighted by Crippen LogP contribution is -2.29. The van der Waals surface area contributed by atoms with Gasteiger partial charge in [-0.15, -0.1) is 0 Å². The molecule has 2 aromatic rings. The van der Waals surface area contributed by atoms with Gasteiger partial charge in [-0.25, -0.2) is 4.98 Å². The number of rotatable bonds is 5. The van der Waals surface area contributed by atoms with E-state index >= 15 is 0 Å². The van der Waals surface area contributed by atoms with E-state index in [0.29, 0.717) is 24.0 Å². The molecule has 22 heavy (non-hydrogen) atoms. The Labute approximate surface area is 133 Å². The molecule has 0 aliphatic carbocycles. The van der Waals surface area contributed by atoms with Crippen LogP contribution in [0.3, 0.4) is 0 Å². The van der Waals surface area contributed by atoms with E-state index in [0.717, 1.165) is 11.0 Å². The van der Waals surface area contributed by atoms with Crippen molar-refractivity contribution in [1.29, 1.82) is 0 Å². The van der Waals surface area contributed by atoms with Crippen LogP contribution in [0.5, 0.6) is 0 Å². The molecule has 7 heteroatoms. The van der Waals surface area contributed by atoms with E-state index < -0.39 is 0 Å². The Balaban J connectivity index is 2.11. The second-order valence-electron chi connectivity index (χ2n) is 4.93. The molecule has 0 fully saturated rings. The largest absolute Gasteiger partial charge is 0.466 e. The third kappa shape index (κ3) is 3.39. The van der Waals surface area contributed by atoms with Crippen LogP contribution in [0, 0.1) is 0 Å². The number of halogens is 1. The lowest BCUT2D eigenvalue weighted by Gasteiger charge is -2.16. The first-order chi connectivity index (χ1) is 10.4. The fraction of sp³-hybridized carbons (Fsp3) is 0.400. The molecule has 1 aromatic carbocycles. The Morgan fingerprint density at radius 2 is 2.14 bits per heavy atom. The monoisotopic (exact) mass is 323 g/mol. The summed E-state index contributed by atoms with van der Waals surface area (Å²) in [5.41, 5.74) is 2.05. The Bertz CT molecular complexity index is 711. The van der Waals surface area contributed by atoms with E-state index in [1.807, 2.05) is 0 Å². The number of amides is 1. The Morgan fingerprint density at radius 1 is 1.41 bits per heavy atom. The van der Waals surface area contributed by atoms with Gasteiger partial charge < -0.3 is 14.2 Å². The van der Waals surface area contributed by atoms with Crippen LogP contribution in [-0.2, 0) is 16.6 Å². The van der Waals surface area contributed by atoms with Gasteiger partial charge in [0.1, 0.15) is 0 Å². The van der Waals surface area contributed by atoms with Crippen LogP contribution in [0.15, 0.2) is 18.2 Å². The number of imidazole rings is 1. The number of benzene rings is 1. The summed E-state index contributed by atoms with van der Waals surface area (Å²) < 4.78 is 6.57. The maximum absolute atomic E-state index is 12.4. The number of aromatic nitrogens is 2. The molecule has 1 amide bonds. The fourth-order valence-corrected chi connectivity index (χ4v) is 2.29. The second-order valence-corrected chi connectivity index (χ2v) is 5.26. The van der Waals surface area contributed by atoms with Crippen molar-refractivity contribution in [2.75, 3.05) is 20.2 Å². The summed E-state index contributed by atoms with van der Waals surface area (Å²) in [5, 5.41) is 0.371. The normalized spacial score (nSPS) is 10.7. The highest BCUT2D eigenvalue weighted by molar-refractivity contribution is 6.29. The molecule has 1 heterocycles. The smallest absolute Gasteiger partial charge is 0.307 e. The van der Waals surface area contributed by atoms with E-state index in [1.54, 1.807) is 43.8 Å². The van der Waals surface area contributed by atoms with Crippen LogP contribution in [0.2, 0.25) is 5.28 Å². The third-order valence-electron chi connectivity index (χ3n) is 3.38. The first kappa shape index (κ1) is 16.3. The van der Waals surface area contributed by atoms with E-state index in [1.165, 1.54) is 4.90 Å². The first-order valence-electron chi connectivity index (χ1n) is 6.97. The topological polar surface area (TPSA) is 64.4 Å². The predicted octanol–water partition coefficient (Wildman–Crippen LogP) is 2.25. The number of aryl methyl sites for hydroxylation is 1. The van der Waals surface area contributed by atoms with Crippen molar-refractivity contribution < 1.29 is 14.3 Å². The predicted molar refractivity (Wildman–Crippen MR) is 83.9 cm³/mol. The molecule has 0 saturated carbocycles. The first-order valence-corrected chi connectivity index (χ1v) is 7.35. The summed E-state index contributed by atoms with van der Waals surface area (Å²) in [4.78, 5) is 29.4. The highest BCUT2D eigenvalue weighted by Crippen LogP contribution is 2.20. The quantitative estimate of drug-likeness (QED) is 0.792. The van der Waals surface area contributed by atoms with Crippen LogP contribution in [0.1, 0.15) is 23.7 Å². The Hall–Kier alpha value is -2.08. The van der Waals surface area contributed by atoms with Gasteiger partial charge in [-0.3, -0.25) is 9.59 Å². The Morgan fingerprint density at radius 3 is 2.82 bits per heavy atom. The summed E-state index contributed by atoms with van der Waals surface area (Å²) in [6.45, 7) is 2.40. The Kier molecular flexibility index (Phi) is 5.03. The van der Waals surface area contributed by atoms with Gasteiger partial charge in [0.25, 0.3) is 5.91 Å². The molecule has 0 bridgehead atoms. The van der Waals surface area contributed by atoms with Crippen LogP contribution in [0.25, 0.3) is 11.0 Å². The average molecular weight is 324 g/mol. The fourth-order valence-electron chi connectivity index (χ4n) is 2.11. The second kappa shape index (κ2) is 6.79. The standard InChI is InChI=1S/C15H18ClN3O3/c1-4-22-13(20)7-8-18(2)14(21)10-5-6-11-12(9-10)19(3)15(16)17-11/h5-6,9H,4,7-8H2,1-3H3. The van der Waals surface area contributed by atoms with E-state index in [-0.39, 0.29) is 18.3 Å². The number of esters is 1. The maximum Gasteiger partial charge on any atom is 0.307 e. The molecule has 6 nitrogen and oxygen atoms in total. The number of carbonyl (C=O) groups is 2. The highest BCUT2D eigenvalue weighted by atomic mass is 35.5. The average Bonchev–Trinajstić information content (AvgIpc) is 2.79. The van der Waals surface area contributed by atoms with Gasteiger partial charge in [-0.2, -0.15) is 0 Å². The molecule has 0 aliphatic rings. The molecule has 0 spiro atoms. The summed E-state index contributed by atoms with van der Waals surface area (Å²) >= 11 is 5.97. The van der Waals surface area contributed by atoms with Crippen molar-refractivity contribution in [3.05, 3.63) is 29.0 Å². The summed E-state index contributed by atoms with van der Waals surface area (Å²) in [5.74, 6) is -0.473. The van der Waals surface area contributed by atoms with Crippen molar-refractivity contribution in [1.82, 2.24) is 14.5 Å². The molecule has 0 saturated heterocycles. The zero-order valence-electron chi connectivity index (χ0n) is 12.8. The SMILES string of the molecule is CCOC(=O)CCN(C)C(=O)c1ccc2nc(Cl)n(C)c2c1. The van der Waals surface area contributed by atoms with Gasteiger partial charge in [0.15, 0.2) is 0 Å². The lowest BCUT2D eigenvalue weighted by molar-refractivity contribution is -0.143. The van der Waals surface area contributed by atoms with Crippen LogP contribution < -0.4 is 0 Å². The number of hydrogen-bond donors (Lipinski definition) is 0. The zero-order valence-corrected chi connectivity index (χ0v) is 13.6. The molecule has 0 N–H and O–H groups in total. The van der Waals surface area contributed by atoms with Crippen LogP contribution in [0.4, 0.5) is 0 Å². The van der Waals surface area contributed by atoms with Crippen molar-refractivity contribution in [3.63, 3.8) is 0 Å². The molecule has 0 atom stereocenters. The minimum atomic E-state index is -0.309. The van der Waals surface area contributed by atoms with E-state index in [2.05, 4.69) is 4.98 Å². The zero-order chi connectivity index (χ0) is 16.3. The van der Waals surface area contributed by atoms with Gasteiger partial charge in [-0.05, 0) is 36.7 Å². The number of ether oxygens (including phenoxy) is 1. The summed E-state index contributed by atoms with van der Waals surface area (Å²) in [6, 6.07) is 5.21. The van der Waals surface area contributed by atoms with Crippen molar-refractivity contribution in [3.8, 4) is 0 Å². The van der Waals surface area contributed by atoms with Crippen molar-refractivity contribution in [2.45, 2.75) is 13.3 Å².